The van der Waals surface area contributed by atoms with Gasteiger partial charge in [0.1, 0.15) is 6.04 Å². The van der Waals surface area contributed by atoms with E-state index in [1.165, 1.54) is 0 Å². The number of ether oxygens (including phenoxy) is 2. The van der Waals surface area contributed by atoms with Gasteiger partial charge in [-0.2, -0.15) is 0 Å². The largest absolute Gasteiger partial charge is 0.374 e. The van der Waals surface area contributed by atoms with Crippen molar-refractivity contribution in [2.24, 2.45) is 5.92 Å². The van der Waals surface area contributed by atoms with E-state index in [0.29, 0.717) is 18.8 Å². The highest BCUT2D eigenvalue weighted by atomic mass is 16.7. The van der Waals surface area contributed by atoms with Gasteiger partial charge in [-0.05, 0) is 37.5 Å². The van der Waals surface area contributed by atoms with Crippen LogP contribution in [0.1, 0.15) is 25.7 Å². The number of carbonyl (C=O) groups is 2. The number of nitrogens with zero attached hydrogens (tertiary/aromatic N) is 1. The van der Waals surface area contributed by atoms with E-state index in [4.69, 9.17) is 9.47 Å². The van der Waals surface area contributed by atoms with Gasteiger partial charge in [-0.15, -0.1) is 0 Å². The van der Waals surface area contributed by atoms with E-state index in [9.17, 15) is 9.59 Å². The van der Waals surface area contributed by atoms with Crippen molar-refractivity contribution >= 4 is 23.2 Å². The normalized spacial score (nSPS) is 21.8. The molecule has 0 spiro atoms. The van der Waals surface area contributed by atoms with Gasteiger partial charge in [-0.25, -0.2) is 0 Å². The van der Waals surface area contributed by atoms with Crippen LogP contribution in [0.25, 0.3) is 0 Å². The molecular formula is C19H27N3O4. The minimum Gasteiger partial charge on any atom is -0.374 e. The molecule has 7 heteroatoms. The SMILES string of the molecule is COC(OC)C1CCN(c2cccc(NC3CCC(=O)NC3=O)c2)CC1. The van der Waals surface area contributed by atoms with Crippen molar-refractivity contribution in [3.05, 3.63) is 24.3 Å². The molecule has 1 unspecified atom stereocenters. The van der Waals surface area contributed by atoms with Gasteiger partial charge in [-0.3, -0.25) is 14.9 Å². The fourth-order valence-corrected chi connectivity index (χ4v) is 3.74. The van der Waals surface area contributed by atoms with Gasteiger partial charge in [0.25, 0.3) is 0 Å². The Morgan fingerprint density at radius 1 is 1.15 bits per heavy atom. The number of rotatable bonds is 6. The summed E-state index contributed by atoms with van der Waals surface area (Å²) >= 11 is 0. The molecule has 2 aliphatic heterocycles. The van der Waals surface area contributed by atoms with Crippen LogP contribution in [0.4, 0.5) is 11.4 Å². The predicted octanol–water partition coefficient (Wildman–Crippen LogP) is 1.74. The Labute approximate surface area is 154 Å². The summed E-state index contributed by atoms with van der Waals surface area (Å²) < 4.78 is 10.8. The second-order valence-electron chi connectivity index (χ2n) is 6.86. The number of hydrogen-bond donors (Lipinski definition) is 2. The Bertz CT molecular complexity index is 639. The molecule has 0 saturated carbocycles. The zero-order valence-corrected chi connectivity index (χ0v) is 15.4. The zero-order valence-electron chi connectivity index (χ0n) is 15.4. The van der Waals surface area contributed by atoms with Crippen LogP contribution in [0.3, 0.4) is 0 Å². The Balaban J connectivity index is 1.60. The minimum absolute atomic E-state index is 0.141. The molecular weight excluding hydrogens is 334 g/mol. The number of carbonyl (C=O) groups excluding carboxylic acids is 2. The van der Waals surface area contributed by atoms with Gasteiger partial charge in [0, 0.05) is 51.0 Å². The molecule has 2 saturated heterocycles. The molecule has 26 heavy (non-hydrogen) atoms. The molecule has 0 aromatic heterocycles. The maximum Gasteiger partial charge on any atom is 0.249 e. The lowest BCUT2D eigenvalue weighted by Crippen LogP contribution is -2.47. The fraction of sp³-hybridized carbons (Fsp3) is 0.579. The van der Waals surface area contributed by atoms with Crippen molar-refractivity contribution in [2.75, 3.05) is 37.5 Å². The summed E-state index contributed by atoms with van der Waals surface area (Å²) in [5.74, 6) is -0.0428. The summed E-state index contributed by atoms with van der Waals surface area (Å²) in [7, 11) is 3.37. The molecule has 2 N–H and O–H groups in total. The summed E-state index contributed by atoms with van der Waals surface area (Å²) in [6.45, 7) is 1.88. The van der Waals surface area contributed by atoms with Crippen LogP contribution in [-0.4, -0.2) is 51.5 Å². The zero-order chi connectivity index (χ0) is 18.5. The number of anilines is 2. The Hall–Kier alpha value is -2.12. The van der Waals surface area contributed by atoms with E-state index < -0.39 is 0 Å². The van der Waals surface area contributed by atoms with Crippen molar-refractivity contribution in [3.8, 4) is 0 Å². The molecule has 2 amide bonds. The maximum absolute atomic E-state index is 11.9. The summed E-state index contributed by atoms with van der Waals surface area (Å²) in [6, 6.07) is 7.72. The highest BCUT2D eigenvalue weighted by Crippen LogP contribution is 2.28. The first-order valence-electron chi connectivity index (χ1n) is 9.11. The smallest absolute Gasteiger partial charge is 0.249 e. The fourth-order valence-electron chi connectivity index (χ4n) is 3.74. The van der Waals surface area contributed by atoms with E-state index in [-0.39, 0.29) is 24.1 Å². The van der Waals surface area contributed by atoms with Gasteiger partial charge in [0.05, 0.1) is 0 Å². The average molecular weight is 361 g/mol. The van der Waals surface area contributed by atoms with Gasteiger partial charge in [0.15, 0.2) is 6.29 Å². The average Bonchev–Trinajstić information content (AvgIpc) is 2.66. The summed E-state index contributed by atoms with van der Waals surface area (Å²) in [5.41, 5.74) is 2.03. The van der Waals surface area contributed by atoms with Crippen molar-refractivity contribution in [1.82, 2.24) is 5.32 Å². The van der Waals surface area contributed by atoms with E-state index in [1.807, 2.05) is 12.1 Å². The number of benzene rings is 1. The monoisotopic (exact) mass is 361 g/mol. The van der Waals surface area contributed by atoms with E-state index >= 15 is 0 Å². The first-order chi connectivity index (χ1) is 12.6. The number of imide groups is 1. The first kappa shape index (κ1) is 18.7. The highest BCUT2D eigenvalue weighted by Gasteiger charge is 2.28. The second kappa shape index (κ2) is 8.51. The van der Waals surface area contributed by atoms with Gasteiger partial charge < -0.3 is 19.7 Å². The molecule has 142 valence electrons. The van der Waals surface area contributed by atoms with Crippen LogP contribution in [0, 0.1) is 5.92 Å². The van der Waals surface area contributed by atoms with Crippen molar-refractivity contribution in [3.63, 3.8) is 0 Å². The highest BCUT2D eigenvalue weighted by molar-refractivity contribution is 6.01. The lowest BCUT2D eigenvalue weighted by molar-refractivity contribution is -0.141. The molecule has 0 aliphatic carbocycles. The van der Waals surface area contributed by atoms with Crippen LogP contribution in [0.2, 0.25) is 0 Å². The maximum atomic E-state index is 11.9. The topological polar surface area (TPSA) is 79.9 Å². The minimum atomic E-state index is -0.363. The Morgan fingerprint density at radius 3 is 2.54 bits per heavy atom. The third-order valence-corrected chi connectivity index (χ3v) is 5.18. The van der Waals surface area contributed by atoms with Gasteiger partial charge >= 0.3 is 0 Å². The number of amides is 2. The molecule has 2 aliphatic rings. The number of methoxy groups -OCH3 is 2. The van der Waals surface area contributed by atoms with Crippen LogP contribution >= 0.6 is 0 Å². The molecule has 2 fully saturated rings. The van der Waals surface area contributed by atoms with E-state index in [2.05, 4.69) is 27.7 Å². The molecule has 7 nitrogen and oxygen atoms in total. The van der Waals surface area contributed by atoms with Gasteiger partial charge in [-0.1, -0.05) is 6.07 Å². The lowest BCUT2D eigenvalue weighted by atomic mass is 9.95. The van der Waals surface area contributed by atoms with Crippen LogP contribution in [0.5, 0.6) is 0 Å². The van der Waals surface area contributed by atoms with Crippen LogP contribution in [0.15, 0.2) is 24.3 Å². The second-order valence-corrected chi connectivity index (χ2v) is 6.86. The standard InChI is InChI=1S/C19H27N3O4/c1-25-19(26-2)13-8-10-22(11-9-13)15-5-3-4-14(12-15)20-16-6-7-17(23)21-18(16)24/h3-5,12-13,16,19-20H,6-11H2,1-2H3,(H,21,23,24). The number of hydrogen-bond acceptors (Lipinski definition) is 6. The van der Waals surface area contributed by atoms with Crippen molar-refractivity contribution < 1.29 is 19.1 Å². The van der Waals surface area contributed by atoms with Crippen LogP contribution < -0.4 is 15.5 Å². The van der Waals surface area contributed by atoms with Gasteiger partial charge in [0.2, 0.25) is 11.8 Å². The lowest BCUT2D eigenvalue weighted by Gasteiger charge is -2.36. The Kier molecular flexibility index (Phi) is 6.11. The van der Waals surface area contributed by atoms with Crippen molar-refractivity contribution in [1.29, 1.82) is 0 Å². The third kappa shape index (κ3) is 4.34. The van der Waals surface area contributed by atoms with E-state index in [0.717, 1.165) is 37.3 Å². The van der Waals surface area contributed by atoms with Crippen molar-refractivity contribution in [2.45, 2.75) is 38.0 Å². The third-order valence-electron chi connectivity index (χ3n) is 5.18. The van der Waals surface area contributed by atoms with Crippen LogP contribution in [-0.2, 0) is 19.1 Å². The molecule has 1 aromatic rings. The molecule has 0 bridgehead atoms. The molecule has 1 atom stereocenters. The summed E-state index contributed by atoms with van der Waals surface area (Å²) in [6.07, 6.45) is 2.78. The molecule has 1 aromatic carbocycles. The summed E-state index contributed by atoms with van der Waals surface area (Å²) in [4.78, 5) is 25.5. The number of piperidine rings is 2. The number of nitrogens with one attached hydrogen (secondary N) is 2. The summed E-state index contributed by atoms with van der Waals surface area (Å²) in [5, 5.41) is 5.62. The molecule has 2 heterocycles. The Morgan fingerprint density at radius 2 is 1.88 bits per heavy atom. The predicted molar refractivity (Wildman–Crippen MR) is 99.0 cm³/mol. The first-order valence-corrected chi connectivity index (χ1v) is 9.11. The quantitative estimate of drug-likeness (QED) is 0.593. The van der Waals surface area contributed by atoms with E-state index in [1.54, 1.807) is 14.2 Å². The molecule has 0 radical (unpaired) electrons. The molecule has 3 rings (SSSR count).